The van der Waals surface area contributed by atoms with Crippen LogP contribution in [0.3, 0.4) is 0 Å². The minimum absolute atomic E-state index is 0.362. The molecule has 0 aliphatic carbocycles. The standard InChI is InChI=1S/C15H23N3O/c16-8-7-14-6-1-2-9-18(14)11-12-4-3-5-13(10-12)15(17)19/h3-5,10,14H,1-2,6-9,11,16H2,(H2,17,19). The predicted octanol–water partition coefficient (Wildman–Crippen LogP) is 1.49. The van der Waals surface area contributed by atoms with Gasteiger partial charge in [0.1, 0.15) is 0 Å². The van der Waals surface area contributed by atoms with Gasteiger partial charge in [0.2, 0.25) is 5.91 Å². The van der Waals surface area contributed by atoms with Gasteiger partial charge in [-0.1, -0.05) is 18.6 Å². The van der Waals surface area contributed by atoms with Crippen molar-refractivity contribution >= 4 is 5.91 Å². The van der Waals surface area contributed by atoms with Crippen molar-refractivity contribution in [2.24, 2.45) is 11.5 Å². The van der Waals surface area contributed by atoms with E-state index in [9.17, 15) is 4.79 Å². The highest BCUT2D eigenvalue weighted by Gasteiger charge is 2.21. The van der Waals surface area contributed by atoms with Crippen molar-refractivity contribution in [3.05, 3.63) is 35.4 Å². The minimum Gasteiger partial charge on any atom is -0.366 e. The number of piperidine rings is 1. The molecule has 4 nitrogen and oxygen atoms in total. The zero-order valence-corrected chi connectivity index (χ0v) is 11.3. The summed E-state index contributed by atoms with van der Waals surface area (Å²) in [5.41, 5.74) is 12.8. The van der Waals surface area contributed by atoms with E-state index in [2.05, 4.69) is 11.0 Å². The smallest absolute Gasteiger partial charge is 0.248 e. The van der Waals surface area contributed by atoms with E-state index in [0.29, 0.717) is 11.6 Å². The van der Waals surface area contributed by atoms with Gasteiger partial charge in [-0.15, -0.1) is 0 Å². The molecule has 4 heteroatoms. The molecule has 2 rings (SSSR count). The average Bonchev–Trinajstić information content (AvgIpc) is 2.41. The predicted molar refractivity (Wildman–Crippen MR) is 76.7 cm³/mol. The van der Waals surface area contributed by atoms with Crippen molar-refractivity contribution in [2.45, 2.75) is 38.3 Å². The quantitative estimate of drug-likeness (QED) is 0.843. The number of carbonyl (C=O) groups is 1. The fourth-order valence-corrected chi connectivity index (χ4v) is 2.84. The van der Waals surface area contributed by atoms with Gasteiger partial charge in [0.25, 0.3) is 0 Å². The van der Waals surface area contributed by atoms with Crippen LogP contribution in [0.15, 0.2) is 24.3 Å². The van der Waals surface area contributed by atoms with Crippen LogP contribution in [0.1, 0.15) is 41.6 Å². The third kappa shape index (κ3) is 3.78. The van der Waals surface area contributed by atoms with Gasteiger partial charge in [-0.05, 0) is 50.0 Å². The number of primary amides is 1. The highest BCUT2D eigenvalue weighted by atomic mass is 16.1. The second-order valence-corrected chi connectivity index (χ2v) is 5.26. The summed E-state index contributed by atoms with van der Waals surface area (Å²) in [5, 5.41) is 0. The lowest BCUT2D eigenvalue weighted by Crippen LogP contribution is -2.40. The molecule has 0 aromatic heterocycles. The molecule has 0 bridgehead atoms. The molecule has 104 valence electrons. The Morgan fingerprint density at radius 3 is 2.95 bits per heavy atom. The molecule has 1 aromatic rings. The summed E-state index contributed by atoms with van der Waals surface area (Å²) in [6.07, 6.45) is 4.82. The molecule has 4 N–H and O–H groups in total. The molecule has 1 aliphatic heterocycles. The second-order valence-electron chi connectivity index (χ2n) is 5.26. The lowest BCUT2D eigenvalue weighted by atomic mass is 9.98. The van der Waals surface area contributed by atoms with Gasteiger partial charge in [-0.3, -0.25) is 9.69 Å². The molecule has 1 aliphatic rings. The Bertz CT molecular complexity index is 431. The van der Waals surface area contributed by atoms with Crippen LogP contribution >= 0.6 is 0 Å². The van der Waals surface area contributed by atoms with E-state index in [0.717, 1.165) is 31.6 Å². The summed E-state index contributed by atoms with van der Waals surface area (Å²) >= 11 is 0. The number of nitrogens with two attached hydrogens (primary N) is 2. The van der Waals surface area contributed by atoms with Crippen molar-refractivity contribution in [1.29, 1.82) is 0 Å². The second kappa shape index (κ2) is 6.68. The molecule has 1 fully saturated rings. The number of rotatable bonds is 5. The minimum atomic E-state index is -0.362. The Labute approximate surface area is 114 Å². The van der Waals surface area contributed by atoms with E-state index in [1.54, 1.807) is 6.07 Å². The van der Waals surface area contributed by atoms with Crippen molar-refractivity contribution in [3.8, 4) is 0 Å². The molecule has 0 spiro atoms. The Balaban J connectivity index is 2.06. The molecule has 0 radical (unpaired) electrons. The highest BCUT2D eigenvalue weighted by molar-refractivity contribution is 5.92. The van der Waals surface area contributed by atoms with Gasteiger partial charge in [0, 0.05) is 18.2 Å². The largest absolute Gasteiger partial charge is 0.366 e. The summed E-state index contributed by atoms with van der Waals surface area (Å²) in [5.74, 6) is -0.362. The average molecular weight is 261 g/mol. The van der Waals surface area contributed by atoms with Gasteiger partial charge in [0.15, 0.2) is 0 Å². The number of hydrogen-bond acceptors (Lipinski definition) is 3. The van der Waals surface area contributed by atoms with Crippen LogP contribution in [0.5, 0.6) is 0 Å². The van der Waals surface area contributed by atoms with Crippen LogP contribution in [-0.2, 0) is 6.54 Å². The lowest BCUT2D eigenvalue weighted by molar-refractivity contribution is 0.1000. The Kier molecular flexibility index (Phi) is 4.93. The van der Waals surface area contributed by atoms with E-state index in [-0.39, 0.29) is 5.91 Å². The number of amides is 1. The molecule has 1 amide bonds. The highest BCUT2D eigenvalue weighted by Crippen LogP contribution is 2.21. The van der Waals surface area contributed by atoms with E-state index in [1.165, 1.54) is 19.3 Å². The van der Waals surface area contributed by atoms with Crippen molar-refractivity contribution in [1.82, 2.24) is 4.90 Å². The molecule has 1 atom stereocenters. The van der Waals surface area contributed by atoms with Crippen LogP contribution < -0.4 is 11.5 Å². The Hall–Kier alpha value is -1.39. The van der Waals surface area contributed by atoms with Crippen LogP contribution in [0.2, 0.25) is 0 Å². The third-order valence-electron chi connectivity index (χ3n) is 3.85. The SMILES string of the molecule is NCCC1CCCCN1Cc1cccc(C(N)=O)c1. The topological polar surface area (TPSA) is 72.3 Å². The first-order valence-corrected chi connectivity index (χ1v) is 7.03. The van der Waals surface area contributed by atoms with Crippen LogP contribution in [-0.4, -0.2) is 29.9 Å². The lowest BCUT2D eigenvalue weighted by Gasteiger charge is -2.35. The van der Waals surface area contributed by atoms with Crippen LogP contribution in [0.4, 0.5) is 0 Å². The fourth-order valence-electron chi connectivity index (χ4n) is 2.84. The molecule has 1 saturated heterocycles. The molecule has 0 saturated carbocycles. The molecular formula is C15H23N3O. The maximum absolute atomic E-state index is 11.2. The van der Waals surface area contributed by atoms with Crippen molar-refractivity contribution in [2.75, 3.05) is 13.1 Å². The Morgan fingerprint density at radius 2 is 2.21 bits per heavy atom. The zero-order chi connectivity index (χ0) is 13.7. The van der Waals surface area contributed by atoms with Crippen molar-refractivity contribution in [3.63, 3.8) is 0 Å². The first-order chi connectivity index (χ1) is 9.20. The summed E-state index contributed by atoms with van der Waals surface area (Å²) in [6, 6.07) is 8.20. The number of nitrogens with zero attached hydrogens (tertiary/aromatic N) is 1. The number of hydrogen-bond donors (Lipinski definition) is 2. The summed E-state index contributed by atoms with van der Waals surface area (Å²) in [7, 11) is 0. The third-order valence-corrected chi connectivity index (χ3v) is 3.85. The molecule has 1 unspecified atom stereocenters. The molecule has 1 heterocycles. The first kappa shape index (κ1) is 14.0. The number of benzene rings is 1. The fraction of sp³-hybridized carbons (Fsp3) is 0.533. The monoisotopic (exact) mass is 261 g/mol. The van der Waals surface area contributed by atoms with Crippen LogP contribution in [0.25, 0.3) is 0 Å². The van der Waals surface area contributed by atoms with Gasteiger partial charge < -0.3 is 11.5 Å². The van der Waals surface area contributed by atoms with Crippen molar-refractivity contribution < 1.29 is 4.79 Å². The maximum atomic E-state index is 11.2. The summed E-state index contributed by atoms with van der Waals surface area (Å²) < 4.78 is 0. The van der Waals surface area contributed by atoms with E-state index < -0.39 is 0 Å². The van der Waals surface area contributed by atoms with Crippen LogP contribution in [0, 0.1) is 0 Å². The molecular weight excluding hydrogens is 238 g/mol. The summed E-state index contributed by atoms with van der Waals surface area (Å²) in [4.78, 5) is 13.7. The number of carbonyl (C=O) groups excluding carboxylic acids is 1. The normalized spacial score (nSPS) is 20.4. The Morgan fingerprint density at radius 1 is 1.37 bits per heavy atom. The molecule has 1 aromatic carbocycles. The van der Waals surface area contributed by atoms with E-state index >= 15 is 0 Å². The van der Waals surface area contributed by atoms with E-state index in [4.69, 9.17) is 11.5 Å². The van der Waals surface area contributed by atoms with Gasteiger partial charge in [-0.2, -0.15) is 0 Å². The first-order valence-electron chi connectivity index (χ1n) is 7.03. The number of likely N-dealkylation sites (tertiary alicyclic amines) is 1. The van der Waals surface area contributed by atoms with Gasteiger partial charge >= 0.3 is 0 Å². The molecule has 19 heavy (non-hydrogen) atoms. The zero-order valence-electron chi connectivity index (χ0n) is 11.3. The van der Waals surface area contributed by atoms with Gasteiger partial charge in [0.05, 0.1) is 0 Å². The summed E-state index contributed by atoms with van der Waals surface area (Å²) in [6.45, 7) is 2.74. The maximum Gasteiger partial charge on any atom is 0.248 e. The van der Waals surface area contributed by atoms with Gasteiger partial charge in [-0.25, -0.2) is 0 Å². The van der Waals surface area contributed by atoms with E-state index in [1.807, 2.05) is 12.1 Å².